The molecule has 0 bridgehead atoms. The highest BCUT2D eigenvalue weighted by Crippen LogP contribution is 2.11. The maximum atomic E-state index is 5.07. The lowest BCUT2D eigenvalue weighted by Gasteiger charge is -2.00. The van der Waals surface area contributed by atoms with Crippen LogP contribution in [0.25, 0.3) is 0 Å². The largest absolute Gasteiger partial charge is 0.497 e. The molecule has 13 heavy (non-hydrogen) atoms. The van der Waals surface area contributed by atoms with Gasteiger partial charge in [-0.2, -0.15) is 0 Å². The summed E-state index contributed by atoms with van der Waals surface area (Å²) in [6.45, 7) is 0. The van der Waals surface area contributed by atoms with E-state index in [1.807, 2.05) is 12.1 Å². The van der Waals surface area contributed by atoms with Crippen LogP contribution in [-0.2, 0) is 6.42 Å². The quantitative estimate of drug-likeness (QED) is 0.581. The fourth-order valence-electron chi connectivity index (χ4n) is 1.04. The topological polar surface area (TPSA) is 9.23 Å². The van der Waals surface area contributed by atoms with E-state index in [4.69, 9.17) is 4.74 Å². The minimum Gasteiger partial charge on any atom is -0.497 e. The fourth-order valence-corrected chi connectivity index (χ4v) is 1.31. The Morgan fingerprint density at radius 1 is 1.23 bits per heavy atom. The molecule has 0 saturated heterocycles. The van der Waals surface area contributed by atoms with Crippen molar-refractivity contribution in [3.8, 4) is 5.75 Å². The molecule has 0 aliphatic rings. The smallest absolute Gasteiger partial charge is 0.118 e. The van der Waals surface area contributed by atoms with Crippen LogP contribution in [-0.4, -0.2) is 12.4 Å². The van der Waals surface area contributed by atoms with Crippen LogP contribution >= 0.6 is 15.9 Å². The number of hydrogen-bond donors (Lipinski definition) is 0. The molecule has 1 rings (SSSR count). The molecule has 2 heteroatoms. The molecule has 0 N–H and O–H groups in total. The van der Waals surface area contributed by atoms with Gasteiger partial charge in [0.1, 0.15) is 5.75 Å². The third kappa shape index (κ3) is 3.64. The molecule has 0 unspecified atom stereocenters. The van der Waals surface area contributed by atoms with E-state index >= 15 is 0 Å². The van der Waals surface area contributed by atoms with Crippen LogP contribution in [0.3, 0.4) is 0 Å². The van der Waals surface area contributed by atoms with Gasteiger partial charge in [0.25, 0.3) is 0 Å². The highest BCUT2D eigenvalue weighted by Gasteiger charge is 1.90. The summed E-state index contributed by atoms with van der Waals surface area (Å²) in [6.07, 6.45) is 5.23. The van der Waals surface area contributed by atoms with E-state index in [9.17, 15) is 0 Å². The Kier molecular flexibility index (Phi) is 4.61. The Morgan fingerprint density at radius 2 is 1.92 bits per heavy atom. The van der Waals surface area contributed by atoms with Crippen molar-refractivity contribution in [3.63, 3.8) is 0 Å². The summed E-state index contributed by atoms with van der Waals surface area (Å²) in [5.74, 6) is 0.910. The molecule has 1 aromatic rings. The summed E-state index contributed by atoms with van der Waals surface area (Å²) >= 11 is 3.34. The van der Waals surface area contributed by atoms with E-state index in [1.54, 1.807) is 7.11 Å². The third-order valence-corrected chi connectivity index (χ3v) is 2.14. The molecule has 70 valence electrons. The van der Waals surface area contributed by atoms with Gasteiger partial charge in [-0.3, -0.25) is 0 Å². The molecule has 0 radical (unpaired) electrons. The van der Waals surface area contributed by atoms with E-state index in [1.165, 1.54) is 5.56 Å². The maximum absolute atomic E-state index is 5.07. The van der Waals surface area contributed by atoms with Crippen molar-refractivity contribution in [2.24, 2.45) is 0 Å². The van der Waals surface area contributed by atoms with Crippen molar-refractivity contribution in [2.75, 3.05) is 12.4 Å². The zero-order valence-corrected chi connectivity index (χ0v) is 9.25. The monoisotopic (exact) mass is 240 g/mol. The number of alkyl halides is 1. The lowest BCUT2D eigenvalue weighted by molar-refractivity contribution is 0.414. The Morgan fingerprint density at radius 3 is 2.46 bits per heavy atom. The van der Waals surface area contributed by atoms with Gasteiger partial charge < -0.3 is 4.74 Å². The second kappa shape index (κ2) is 5.81. The summed E-state index contributed by atoms with van der Waals surface area (Å²) in [6, 6.07) is 8.13. The van der Waals surface area contributed by atoms with E-state index in [0.717, 1.165) is 17.5 Å². The lowest BCUT2D eigenvalue weighted by atomic mass is 10.1. The Balaban J connectivity index is 2.54. The highest BCUT2D eigenvalue weighted by molar-refractivity contribution is 9.09. The van der Waals surface area contributed by atoms with E-state index in [0.29, 0.717) is 0 Å². The minimum absolute atomic E-state index is 0.910. The Bertz CT molecular complexity index is 264. The van der Waals surface area contributed by atoms with Crippen LogP contribution in [0, 0.1) is 0 Å². The molecule has 0 aliphatic heterocycles. The van der Waals surface area contributed by atoms with Crippen LogP contribution < -0.4 is 4.74 Å². The molecule has 0 amide bonds. The summed E-state index contributed by atoms with van der Waals surface area (Å²) in [5, 5.41) is 0.920. The van der Waals surface area contributed by atoms with Crippen LogP contribution in [0.5, 0.6) is 5.75 Å². The van der Waals surface area contributed by atoms with Crippen molar-refractivity contribution >= 4 is 15.9 Å². The molecule has 0 spiro atoms. The average Bonchev–Trinajstić information content (AvgIpc) is 2.19. The second-order valence-corrected chi connectivity index (χ2v) is 3.33. The molecule has 0 atom stereocenters. The molecule has 0 fully saturated rings. The molecule has 1 aromatic carbocycles. The zero-order valence-electron chi connectivity index (χ0n) is 7.66. The first kappa shape index (κ1) is 10.3. The van der Waals surface area contributed by atoms with Crippen LogP contribution in [0.2, 0.25) is 0 Å². The van der Waals surface area contributed by atoms with Gasteiger partial charge in [-0.15, -0.1) is 0 Å². The SMILES string of the molecule is COc1ccc(C/C=C/CBr)cc1. The number of halogens is 1. The van der Waals surface area contributed by atoms with Crippen molar-refractivity contribution < 1.29 is 4.74 Å². The first-order chi connectivity index (χ1) is 6.36. The predicted octanol–water partition coefficient (Wildman–Crippen LogP) is 3.19. The van der Waals surface area contributed by atoms with Gasteiger partial charge in [0.2, 0.25) is 0 Å². The summed E-state index contributed by atoms with van der Waals surface area (Å²) in [5.41, 5.74) is 1.30. The standard InChI is InChI=1S/C11H13BrO/c1-13-11-7-5-10(6-8-11)4-2-3-9-12/h2-3,5-8H,4,9H2,1H3/b3-2+. The van der Waals surface area contributed by atoms with Crippen molar-refractivity contribution in [1.82, 2.24) is 0 Å². The van der Waals surface area contributed by atoms with Crippen LogP contribution in [0.15, 0.2) is 36.4 Å². The lowest BCUT2D eigenvalue weighted by Crippen LogP contribution is -1.84. The first-order valence-electron chi connectivity index (χ1n) is 4.20. The van der Waals surface area contributed by atoms with E-state index < -0.39 is 0 Å². The molecular weight excluding hydrogens is 228 g/mol. The Labute approximate surface area is 87.5 Å². The molecule has 0 aliphatic carbocycles. The van der Waals surface area contributed by atoms with Gasteiger partial charge in [0.05, 0.1) is 7.11 Å². The number of benzene rings is 1. The first-order valence-corrected chi connectivity index (χ1v) is 5.33. The number of ether oxygens (including phenoxy) is 1. The summed E-state index contributed by atoms with van der Waals surface area (Å²) < 4.78 is 5.07. The van der Waals surface area contributed by atoms with Gasteiger partial charge in [-0.1, -0.05) is 40.2 Å². The van der Waals surface area contributed by atoms with Gasteiger partial charge in [-0.25, -0.2) is 0 Å². The molecule has 0 heterocycles. The molecule has 0 aromatic heterocycles. The maximum Gasteiger partial charge on any atom is 0.118 e. The van der Waals surface area contributed by atoms with Crippen LogP contribution in [0.4, 0.5) is 0 Å². The highest BCUT2D eigenvalue weighted by atomic mass is 79.9. The molecule has 0 saturated carbocycles. The van der Waals surface area contributed by atoms with E-state index in [2.05, 4.69) is 40.2 Å². The third-order valence-electron chi connectivity index (χ3n) is 1.77. The molecule has 1 nitrogen and oxygen atoms in total. The van der Waals surface area contributed by atoms with Gasteiger partial charge >= 0.3 is 0 Å². The predicted molar refractivity (Wildman–Crippen MR) is 59.6 cm³/mol. The van der Waals surface area contributed by atoms with Gasteiger partial charge in [-0.05, 0) is 24.1 Å². The van der Waals surface area contributed by atoms with Gasteiger partial charge in [0, 0.05) is 5.33 Å². The normalized spacial score (nSPS) is 10.6. The second-order valence-electron chi connectivity index (χ2n) is 2.68. The summed E-state index contributed by atoms with van der Waals surface area (Å²) in [4.78, 5) is 0. The minimum atomic E-state index is 0.910. The average molecular weight is 241 g/mol. The molecular formula is C11H13BrO. The summed E-state index contributed by atoms with van der Waals surface area (Å²) in [7, 11) is 1.68. The Hall–Kier alpha value is -0.760. The van der Waals surface area contributed by atoms with Crippen LogP contribution in [0.1, 0.15) is 5.56 Å². The number of rotatable bonds is 4. The number of methoxy groups -OCH3 is 1. The number of allylic oxidation sites excluding steroid dienone is 2. The van der Waals surface area contributed by atoms with E-state index in [-0.39, 0.29) is 0 Å². The zero-order chi connectivity index (χ0) is 9.52. The van der Waals surface area contributed by atoms with Gasteiger partial charge in [0.15, 0.2) is 0 Å². The fraction of sp³-hybridized carbons (Fsp3) is 0.273. The van der Waals surface area contributed by atoms with Crippen molar-refractivity contribution in [3.05, 3.63) is 42.0 Å². The number of hydrogen-bond acceptors (Lipinski definition) is 1. The van der Waals surface area contributed by atoms with Crippen molar-refractivity contribution in [1.29, 1.82) is 0 Å². The van der Waals surface area contributed by atoms with Crippen molar-refractivity contribution in [2.45, 2.75) is 6.42 Å².